The molecule has 0 aliphatic carbocycles. The molecule has 3 N–H and O–H groups in total. The minimum absolute atomic E-state index is 0.0433. The molecule has 0 saturated carbocycles. The average Bonchev–Trinajstić information content (AvgIpc) is 3.22. The summed E-state index contributed by atoms with van der Waals surface area (Å²) in [5, 5.41) is 23.2. The quantitative estimate of drug-likeness (QED) is 0.0424. The van der Waals surface area contributed by atoms with Crippen LogP contribution in [-0.4, -0.2) is 34.9 Å². The summed E-state index contributed by atoms with van der Waals surface area (Å²) in [6, 6.07) is -0.542. The lowest BCUT2D eigenvalue weighted by Gasteiger charge is -2.22. The SMILES string of the molecule is CCC/C=C\C/C=C\CCCCCCCC(=O)NC(CO)C(O)CCCCCCCCCCCCCCCCCCCCCCCCCCCCCCCCCC. The van der Waals surface area contributed by atoms with Gasteiger partial charge in [0, 0.05) is 6.42 Å². The maximum atomic E-state index is 12.4. The molecule has 0 saturated heterocycles. The summed E-state index contributed by atoms with van der Waals surface area (Å²) in [6.07, 6.45) is 64.5. The number of amides is 1. The first-order valence-electron chi connectivity index (χ1n) is 26.0. The summed E-state index contributed by atoms with van der Waals surface area (Å²) in [5.74, 6) is -0.0433. The fourth-order valence-electron chi connectivity index (χ4n) is 8.23. The lowest BCUT2D eigenvalue weighted by atomic mass is 10.0. The van der Waals surface area contributed by atoms with Gasteiger partial charge in [0.15, 0.2) is 0 Å². The van der Waals surface area contributed by atoms with Gasteiger partial charge in [-0.15, -0.1) is 0 Å². The van der Waals surface area contributed by atoms with Crippen LogP contribution in [0.1, 0.15) is 290 Å². The third-order valence-electron chi connectivity index (χ3n) is 12.2. The van der Waals surface area contributed by atoms with Gasteiger partial charge in [0.25, 0.3) is 0 Å². The normalized spacial score (nSPS) is 13.0. The molecule has 0 bridgehead atoms. The number of rotatable bonds is 48. The zero-order chi connectivity index (χ0) is 41.4. The standard InChI is InChI=1S/C53H103NO3/c1-3-5-7-9-11-13-15-17-18-19-20-21-22-23-24-25-26-27-28-29-30-31-32-33-34-35-37-38-40-42-44-46-48-52(56)51(50-55)54-53(57)49-47-45-43-41-39-36-16-14-12-10-8-6-4-2/h8,10,14,16,51-52,55-56H,3-7,9,11-13,15,17-50H2,1-2H3,(H,54,57)/b10-8-,16-14-. The second-order valence-electron chi connectivity index (χ2n) is 17.9. The maximum Gasteiger partial charge on any atom is 0.220 e. The Kier molecular flexibility index (Phi) is 48.3. The monoisotopic (exact) mass is 802 g/mol. The number of carbonyl (C=O) groups excluding carboxylic acids is 1. The molecule has 0 aliphatic heterocycles. The number of nitrogens with one attached hydrogen (secondary N) is 1. The number of carbonyl (C=O) groups is 1. The van der Waals surface area contributed by atoms with E-state index in [4.69, 9.17) is 0 Å². The lowest BCUT2D eigenvalue weighted by molar-refractivity contribution is -0.123. The van der Waals surface area contributed by atoms with Crippen molar-refractivity contribution >= 4 is 5.91 Å². The van der Waals surface area contributed by atoms with Crippen molar-refractivity contribution < 1.29 is 15.0 Å². The van der Waals surface area contributed by atoms with Gasteiger partial charge in [-0.25, -0.2) is 0 Å². The molecular weight excluding hydrogens is 699 g/mol. The van der Waals surface area contributed by atoms with E-state index < -0.39 is 12.1 Å². The minimum Gasteiger partial charge on any atom is -0.394 e. The number of hydrogen-bond donors (Lipinski definition) is 3. The van der Waals surface area contributed by atoms with E-state index in [1.807, 2.05) is 0 Å². The third-order valence-corrected chi connectivity index (χ3v) is 12.2. The van der Waals surface area contributed by atoms with Gasteiger partial charge in [-0.3, -0.25) is 4.79 Å². The van der Waals surface area contributed by atoms with E-state index in [1.54, 1.807) is 0 Å². The van der Waals surface area contributed by atoms with Crippen molar-refractivity contribution in [2.75, 3.05) is 6.61 Å². The van der Waals surface area contributed by atoms with Crippen molar-refractivity contribution in [1.82, 2.24) is 5.32 Å². The third kappa shape index (κ3) is 45.8. The molecule has 0 fully saturated rings. The van der Waals surface area contributed by atoms with Crippen LogP contribution in [0.2, 0.25) is 0 Å². The van der Waals surface area contributed by atoms with Crippen molar-refractivity contribution in [3.63, 3.8) is 0 Å². The minimum atomic E-state index is -0.664. The van der Waals surface area contributed by atoms with Gasteiger partial charge in [0.2, 0.25) is 5.91 Å². The van der Waals surface area contributed by atoms with Crippen LogP contribution >= 0.6 is 0 Å². The molecule has 1 amide bonds. The molecule has 2 atom stereocenters. The zero-order valence-electron chi connectivity index (χ0n) is 38.9. The van der Waals surface area contributed by atoms with Crippen LogP contribution in [0.4, 0.5) is 0 Å². The Labute approximate surface area is 358 Å². The Morgan fingerprint density at radius 2 is 0.754 bits per heavy atom. The molecule has 0 aliphatic rings. The van der Waals surface area contributed by atoms with E-state index >= 15 is 0 Å². The summed E-state index contributed by atoms with van der Waals surface area (Å²) < 4.78 is 0. The van der Waals surface area contributed by atoms with Gasteiger partial charge in [0.05, 0.1) is 18.8 Å². The molecule has 0 aromatic rings. The summed E-state index contributed by atoms with van der Waals surface area (Å²) in [6.45, 7) is 4.31. The van der Waals surface area contributed by atoms with Gasteiger partial charge in [0.1, 0.15) is 0 Å². The molecule has 57 heavy (non-hydrogen) atoms. The molecule has 4 nitrogen and oxygen atoms in total. The van der Waals surface area contributed by atoms with Crippen molar-refractivity contribution in [3.8, 4) is 0 Å². The number of hydrogen-bond acceptors (Lipinski definition) is 3. The average molecular weight is 802 g/mol. The Hall–Kier alpha value is -1.13. The molecule has 0 spiro atoms. The molecule has 2 unspecified atom stereocenters. The van der Waals surface area contributed by atoms with Gasteiger partial charge < -0.3 is 15.5 Å². The van der Waals surface area contributed by atoms with Crippen molar-refractivity contribution in [2.45, 2.75) is 302 Å². The predicted molar refractivity (Wildman–Crippen MR) is 253 cm³/mol. The second-order valence-corrected chi connectivity index (χ2v) is 17.9. The van der Waals surface area contributed by atoms with Crippen LogP contribution in [0.3, 0.4) is 0 Å². The van der Waals surface area contributed by atoms with E-state index in [0.717, 1.165) is 44.9 Å². The van der Waals surface area contributed by atoms with Crippen LogP contribution in [0, 0.1) is 0 Å². The van der Waals surface area contributed by atoms with Gasteiger partial charge in [-0.2, -0.15) is 0 Å². The highest BCUT2D eigenvalue weighted by atomic mass is 16.3. The second kappa shape index (κ2) is 49.2. The molecule has 338 valence electrons. The highest BCUT2D eigenvalue weighted by Gasteiger charge is 2.20. The first-order chi connectivity index (χ1) is 28.2. The number of aliphatic hydroxyl groups excluding tert-OH is 2. The summed E-state index contributed by atoms with van der Waals surface area (Å²) in [4.78, 5) is 12.4. The summed E-state index contributed by atoms with van der Waals surface area (Å²) in [7, 11) is 0. The fourth-order valence-corrected chi connectivity index (χ4v) is 8.23. The van der Waals surface area contributed by atoms with E-state index in [0.29, 0.717) is 12.8 Å². The Morgan fingerprint density at radius 3 is 1.12 bits per heavy atom. The van der Waals surface area contributed by atoms with Crippen LogP contribution in [-0.2, 0) is 4.79 Å². The highest BCUT2D eigenvalue weighted by molar-refractivity contribution is 5.76. The Morgan fingerprint density at radius 1 is 0.421 bits per heavy atom. The maximum absolute atomic E-state index is 12.4. The molecule has 4 heteroatoms. The van der Waals surface area contributed by atoms with E-state index in [1.165, 1.54) is 218 Å². The van der Waals surface area contributed by atoms with E-state index in [-0.39, 0.29) is 12.5 Å². The van der Waals surface area contributed by atoms with Crippen LogP contribution in [0.25, 0.3) is 0 Å². The number of aliphatic hydroxyl groups is 2. The van der Waals surface area contributed by atoms with Crippen molar-refractivity contribution in [3.05, 3.63) is 24.3 Å². The molecule has 0 aromatic heterocycles. The van der Waals surface area contributed by atoms with E-state index in [9.17, 15) is 15.0 Å². The largest absolute Gasteiger partial charge is 0.394 e. The summed E-state index contributed by atoms with van der Waals surface area (Å²) in [5.41, 5.74) is 0. The zero-order valence-corrected chi connectivity index (χ0v) is 38.9. The van der Waals surface area contributed by atoms with Crippen molar-refractivity contribution in [2.24, 2.45) is 0 Å². The number of allylic oxidation sites excluding steroid dienone is 4. The summed E-state index contributed by atoms with van der Waals surface area (Å²) >= 11 is 0. The predicted octanol–water partition coefficient (Wildman–Crippen LogP) is 16.8. The lowest BCUT2D eigenvalue weighted by Crippen LogP contribution is -2.45. The molecule has 0 radical (unpaired) electrons. The smallest absolute Gasteiger partial charge is 0.220 e. The Balaban J connectivity index is 3.38. The highest BCUT2D eigenvalue weighted by Crippen LogP contribution is 2.18. The molecule has 0 aromatic carbocycles. The van der Waals surface area contributed by atoms with Gasteiger partial charge >= 0.3 is 0 Å². The first kappa shape index (κ1) is 55.9. The molecule has 0 heterocycles. The number of unbranched alkanes of at least 4 members (excludes halogenated alkanes) is 37. The first-order valence-corrected chi connectivity index (χ1v) is 26.0. The molecule has 0 rings (SSSR count). The van der Waals surface area contributed by atoms with Crippen molar-refractivity contribution in [1.29, 1.82) is 0 Å². The van der Waals surface area contributed by atoms with Gasteiger partial charge in [-0.05, 0) is 38.5 Å². The van der Waals surface area contributed by atoms with E-state index in [2.05, 4.69) is 43.5 Å². The Bertz CT molecular complexity index is 825. The fraction of sp³-hybridized carbons (Fsp3) is 0.906. The van der Waals surface area contributed by atoms with Crippen LogP contribution in [0.5, 0.6) is 0 Å². The van der Waals surface area contributed by atoms with Crippen LogP contribution in [0.15, 0.2) is 24.3 Å². The molecular formula is C53H103NO3. The van der Waals surface area contributed by atoms with Gasteiger partial charge in [-0.1, -0.05) is 269 Å². The van der Waals surface area contributed by atoms with Crippen LogP contribution < -0.4 is 5.32 Å². The topological polar surface area (TPSA) is 69.6 Å².